The summed E-state index contributed by atoms with van der Waals surface area (Å²) in [5.41, 5.74) is 3.69. The number of rotatable bonds is 6. The van der Waals surface area contributed by atoms with Crippen molar-refractivity contribution in [1.82, 2.24) is 5.32 Å². The molecule has 0 aromatic heterocycles. The predicted octanol–water partition coefficient (Wildman–Crippen LogP) is 4.74. The van der Waals surface area contributed by atoms with Crippen LogP contribution < -0.4 is 15.4 Å². The molecule has 0 spiro atoms. The first kappa shape index (κ1) is 19.6. The minimum absolute atomic E-state index is 0.238. The molecular formula is C23H22N2O2S. The molecule has 0 radical (unpaired) electrons. The summed E-state index contributed by atoms with van der Waals surface area (Å²) in [5.74, 6) is 0.550. The number of carbonyl (C=O) groups excluding carboxylic acids is 1. The Kier molecular flexibility index (Phi) is 6.76. The van der Waals surface area contributed by atoms with Crippen LogP contribution in [0.5, 0.6) is 5.75 Å². The molecule has 5 heteroatoms. The molecule has 0 saturated carbocycles. The van der Waals surface area contributed by atoms with Crippen LogP contribution in [0.15, 0.2) is 78.9 Å². The van der Waals surface area contributed by atoms with E-state index in [-0.39, 0.29) is 11.0 Å². The van der Waals surface area contributed by atoms with Gasteiger partial charge in [0.1, 0.15) is 5.75 Å². The van der Waals surface area contributed by atoms with Crippen molar-refractivity contribution in [3.05, 3.63) is 95.6 Å². The third kappa shape index (κ3) is 5.93. The summed E-state index contributed by atoms with van der Waals surface area (Å²) in [6.07, 6.45) is 0.857. The molecule has 0 saturated heterocycles. The number of benzene rings is 3. The summed E-state index contributed by atoms with van der Waals surface area (Å²) < 4.78 is 5.77. The van der Waals surface area contributed by atoms with E-state index in [2.05, 4.69) is 22.8 Å². The highest BCUT2D eigenvalue weighted by Gasteiger charge is 2.07. The molecular weight excluding hydrogens is 368 g/mol. The van der Waals surface area contributed by atoms with Crippen LogP contribution >= 0.6 is 12.2 Å². The minimum atomic E-state index is -0.238. The van der Waals surface area contributed by atoms with Crippen LogP contribution in [-0.2, 0) is 6.42 Å². The summed E-state index contributed by atoms with van der Waals surface area (Å²) >= 11 is 5.22. The van der Waals surface area contributed by atoms with Crippen molar-refractivity contribution in [2.24, 2.45) is 0 Å². The Morgan fingerprint density at radius 1 is 0.929 bits per heavy atom. The highest BCUT2D eigenvalue weighted by Crippen LogP contribution is 2.16. The Balaban J connectivity index is 1.46. The fourth-order valence-corrected chi connectivity index (χ4v) is 2.82. The molecule has 3 rings (SSSR count). The number of hydrogen-bond acceptors (Lipinski definition) is 3. The largest absolute Gasteiger partial charge is 0.493 e. The van der Waals surface area contributed by atoms with Gasteiger partial charge in [-0.1, -0.05) is 48.0 Å². The van der Waals surface area contributed by atoms with Gasteiger partial charge < -0.3 is 10.1 Å². The van der Waals surface area contributed by atoms with Gasteiger partial charge in [0.2, 0.25) is 0 Å². The van der Waals surface area contributed by atoms with Crippen molar-refractivity contribution in [3.8, 4) is 5.75 Å². The third-order valence-electron chi connectivity index (χ3n) is 4.16. The van der Waals surface area contributed by atoms with Gasteiger partial charge in [-0.2, -0.15) is 0 Å². The molecule has 0 aliphatic carbocycles. The lowest BCUT2D eigenvalue weighted by molar-refractivity contribution is 0.0977. The first-order chi connectivity index (χ1) is 13.6. The Morgan fingerprint density at radius 2 is 1.61 bits per heavy atom. The molecule has 2 N–H and O–H groups in total. The minimum Gasteiger partial charge on any atom is -0.493 e. The molecule has 0 bridgehead atoms. The molecule has 142 valence electrons. The maximum atomic E-state index is 12.2. The highest BCUT2D eigenvalue weighted by atomic mass is 32.1. The van der Waals surface area contributed by atoms with Gasteiger partial charge in [-0.3, -0.25) is 10.1 Å². The first-order valence-electron chi connectivity index (χ1n) is 9.06. The van der Waals surface area contributed by atoms with Crippen molar-refractivity contribution >= 4 is 28.9 Å². The first-order valence-corrected chi connectivity index (χ1v) is 9.47. The predicted molar refractivity (Wildman–Crippen MR) is 117 cm³/mol. The van der Waals surface area contributed by atoms with Crippen molar-refractivity contribution in [2.75, 3.05) is 11.9 Å². The summed E-state index contributed by atoms with van der Waals surface area (Å²) in [6, 6.07) is 25.0. The molecule has 3 aromatic rings. The van der Waals surface area contributed by atoms with Gasteiger partial charge in [0.05, 0.1) is 6.61 Å². The summed E-state index contributed by atoms with van der Waals surface area (Å²) in [5, 5.41) is 5.94. The lowest BCUT2D eigenvalue weighted by Crippen LogP contribution is -2.34. The lowest BCUT2D eigenvalue weighted by atomic mass is 10.1. The summed E-state index contributed by atoms with van der Waals surface area (Å²) in [4.78, 5) is 12.2. The Bertz CT molecular complexity index is 923. The molecule has 0 fully saturated rings. The molecule has 0 aliphatic heterocycles. The maximum absolute atomic E-state index is 12.2. The van der Waals surface area contributed by atoms with E-state index < -0.39 is 0 Å². The van der Waals surface area contributed by atoms with Gasteiger partial charge in [0.25, 0.3) is 5.91 Å². The van der Waals surface area contributed by atoms with E-state index >= 15 is 0 Å². The van der Waals surface area contributed by atoms with Gasteiger partial charge in [0, 0.05) is 17.7 Å². The Labute approximate surface area is 170 Å². The molecule has 1 amide bonds. The fourth-order valence-electron chi connectivity index (χ4n) is 2.61. The number of nitrogens with one attached hydrogen (secondary N) is 2. The quantitative estimate of drug-likeness (QED) is 0.597. The van der Waals surface area contributed by atoms with Crippen molar-refractivity contribution in [2.45, 2.75) is 13.3 Å². The monoisotopic (exact) mass is 390 g/mol. The SMILES string of the molecule is Cc1ccc(C(=O)NC(=S)Nc2ccc(OCCc3ccccc3)cc2)cc1. The van der Waals surface area contributed by atoms with E-state index in [1.54, 1.807) is 12.1 Å². The average molecular weight is 391 g/mol. The zero-order valence-electron chi connectivity index (χ0n) is 15.6. The van der Waals surface area contributed by atoms with E-state index in [1.165, 1.54) is 5.56 Å². The number of hydrogen-bond donors (Lipinski definition) is 2. The number of carbonyl (C=O) groups is 1. The maximum Gasteiger partial charge on any atom is 0.257 e. The smallest absolute Gasteiger partial charge is 0.257 e. The average Bonchev–Trinajstić information content (AvgIpc) is 2.70. The second kappa shape index (κ2) is 9.67. The van der Waals surface area contributed by atoms with Crippen LogP contribution in [-0.4, -0.2) is 17.6 Å². The molecule has 0 unspecified atom stereocenters. The Hall–Kier alpha value is -3.18. The van der Waals surface area contributed by atoms with Gasteiger partial charge >= 0.3 is 0 Å². The van der Waals surface area contributed by atoms with Gasteiger partial charge in [-0.05, 0) is 61.1 Å². The van der Waals surface area contributed by atoms with Crippen molar-refractivity contribution < 1.29 is 9.53 Å². The number of amides is 1. The van der Waals surface area contributed by atoms with E-state index in [9.17, 15) is 4.79 Å². The molecule has 0 heterocycles. The van der Waals surface area contributed by atoms with Crippen LogP contribution in [0.1, 0.15) is 21.5 Å². The molecule has 28 heavy (non-hydrogen) atoms. The second-order valence-corrected chi connectivity index (χ2v) is 6.79. The van der Waals surface area contributed by atoms with Crippen LogP contribution in [0, 0.1) is 6.92 Å². The van der Waals surface area contributed by atoms with Crippen LogP contribution in [0.25, 0.3) is 0 Å². The summed E-state index contributed by atoms with van der Waals surface area (Å²) in [7, 11) is 0. The van der Waals surface area contributed by atoms with E-state index in [1.807, 2.05) is 61.5 Å². The highest BCUT2D eigenvalue weighted by molar-refractivity contribution is 7.80. The van der Waals surface area contributed by atoms with E-state index in [0.29, 0.717) is 12.2 Å². The van der Waals surface area contributed by atoms with Crippen LogP contribution in [0.4, 0.5) is 5.69 Å². The normalized spacial score (nSPS) is 10.2. The van der Waals surface area contributed by atoms with Crippen LogP contribution in [0.2, 0.25) is 0 Å². The zero-order chi connectivity index (χ0) is 19.8. The van der Waals surface area contributed by atoms with E-state index in [4.69, 9.17) is 17.0 Å². The summed E-state index contributed by atoms with van der Waals surface area (Å²) in [6.45, 7) is 2.59. The number of aryl methyl sites for hydroxylation is 1. The fraction of sp³-hybridized carbons (Fsp3) is 0.130. The molecule has 3 aromatic carbocycles. The van der Waals surface area contributed by atoms with Gasteiger partial charge in [-0.25, -0.2) is 0 Å². The Morgan fingerprint density at radius 3 is 2.29 bits per heavy atom. The van der Waals surface area contributed by atoms with Crippen LogP contribution in [0.3, 0.4) is 0 Å². The number of ether oxygens (including phenoxy) is 1. The van der Waals surface area contributed by atoms with Gasteiger partial charge in [-0.15, -0.1) is 0 Å². The molecule has 4 nitrogen and oxygen atoms in total. The van der Waals surface area contributed by atoms with Gasteiger partial charge in [0.15, 0.2) is 5.11 Å². The number of thiocarbonyl (C=S) groups is 1. The zero-order valence-corrected chi connectivity index (χ0v) is 16.5. The third-order valence-corrected chi connectivity index (χ3v) is 4.36. The number of anilines is 1. The van der Waals surface area contributed by atoms with Crippen molar-refractivity contribution in [3.63, 3.8) is 0 Å². The second-order valence-electron chi connectivity index (χ2n) is 6.38. The van der Waals surface area contributed by atoms with Crippen molar-refractivity contribution in [1.29, 1.82) is 0 Å². The van der Waals surface area contributed by atoms with E-state index in [0.717, 1.165) is 23.4 Å². The molecule has 0 atom stereocenters. The standard InChI is InChI=1S/C23H22N2O2S/c1-17-7-9-19(10-8-17)22(26)25-23(28)24-20-11-13-21(14-12-20)27-16-15-18-5-3-2-4-6-18/h2-14H,15-16H2,1H3,(H2,24,25,26,28). The topological polar surface area (TPSA) is 50.4 Å². The lowest BCUT2D eigenvalue weighted by Gasteiger charge is -2.11. The molecule has 0 aliphatic rings.